The highest BCUT2D eigenvalue weighted by molar-refractivity contribution is 9.10. The Balaban J connectivity index is 2.98. The molecule has 70 valence electrons. The summed E-state index contributed by atoms with van der Waals surface area (Å²) in [5.74, 6) is 0. The predicted molar refractivity (Wildman–Crippen MR) is 58.0 cm³/mol. The molecule has 0 aromatic heterocycles. The molecular weight excluding hydrogens is 230 g/mol. The van der Waals surface area contributed by atoms with Gasteiger partial charge in [-0.25, -0.2) is 0 Å². The summed E-state index contributed by atoms with van der Waals surface area (Å²) in [6.07, 6.45) is 0.865. The van der Waals surface area contributed by atoms with Crippen molar-refractivity contribution in [2.75, 3.05) is 7.11 Å². The zero-order valence-electron chi connectivity index (χ0n) is 7.75. The van der Waals surface area contributed by atoms with Crippen LogP contribution in [0.4, 0.5) is 0 Å². The Bertz CT molecular complexity index is 310. The van der Waals surface area contributed by atoms with Gasteiger partial charge in [-0.3, -0.25) is 0 Å². The van der Waals surface area contributed by atoms with Gasteiger partial charge in [0.2, 0.25) is 0 Å². The van der Waals surface area contributed by atoms with Gasteiger partial charge in [-0.15, -0.1) is 0 Å². The van der Waals surface area contributed by atoms with Crippen LogP contribution in [0.2, 0.25) is 0 Å². The molecule has 1 aromatic rings. The second-order valence-electron chi connectivity index (χ2n) is 2.58. The van der Waals surface area contributed by atoms with Crippen molar-refractivity contribution in [3.63, 3.8) is 0 Å². The van der Waals surface area contributed by atoms with Crippen molar-refractivity contribution in [2.24, 2.45) is 5.16 Å². The van der Waals surface area contributed by atoms with Gasteiger partial charge in [0.15, 0.2) is 0 Å². The van der Waals surface area contributed by atoms with Crippen LogP contribution < -0.4 is 0 Å². The highest BCUT2D eigenvalue weighted by atomic mass is 79.9. The number of hydrogen-bond donors (Lipinski definition) is 0. The average Bonchev–Trinajstić information content (AvgIpc) is 2.14. The van der Waals surface area contributed by atoms with Crippen molar-refractivity contribution >= 4 is 21.6 Å². The van der Waals surface area contributed by atoms with E-state index < -0.39 is 0 Å². The zero-order chi connectivity index (χ0) is 9.68. The van der Waals surface area contributed by atoms with Crippen molar-refractivity contribution in [1.29, 1.82) is 0 Å². The highest BCUT2D eigenvalue weighted by Gasteiger charge is 2.01. The molecule has 0 aliphatic carbocycles. The van der Waals surface area contributed by atoms with E-state index in [1.54, 1.807) is 7.11 Å². The van der Waals surface area contributed by atoms with E-state index in [0.29, 0.717) is 0 Å². The normalized spacial score (nSPS) is 11.5. The Morgan fingerprint density at radius 2 is 2.31 bits per heavy atom. The van der Waals surface area contributed by atoms with E-state index in [1.807, 2.05) is 24.3 Å². The van der Waals surface area contributed by atoms with Crippen LogP contribution in [0.25, 0.3) is 0 Å². The maximum atomic E-state index is 4.76. The fraction of sp³-hybridized carbons (Fsp3) is 0.300. The van der Waals surface area contributed by atoms with E-state index in [1.165, 1.54) is 0 Å². The van der Waals surface area contributed by atoms with E-state index in [9.17, 15) is 0 Å². The first-order valence-electron chi connectivity index (χ1n) is 4.14. The molecule has 0 aliphatic rings. The fourth-order valence-corrected chi connectivity index (χ4v) is 1.50. The molecule has 0 N–H and O–H groups in total. The standard InChI is InChI=1S/C10H12BrNO/c1-3-10(12-13-2)8-5-4-6-9(11)7-8/h4-7H,3H2,1-2H3. The minimum absolute atomic E-state index is 0.865. The molecule has 13 heavy (non-hydrogen) atoms. The van der Waals surface area contributed by atoms with E-state index in [0.717, 1.165) is 22.2 Å². The maximum Gasteiger partial charge on any atom is 0.106 e. The van der Waals surface area contributed by atoms with Crippen molar-refractivity contribution in [3.8, 4) is 0 Å². The van der Waals surface area contributed by atoms with Gasteiger partial charge in [0.05, 0.1) is 5.71 Å². The monoisotopic (exact) mass is 241 g/mol. The summed E-state index contributed by atoms with van der Waals surface area (Å²) in [4.78, 5) is 4.76. The molecular formula is C10H12BrNO. The summed E-state index contributed by atoms with van der Waals surface area (Å²) >= 11 is 3.41. The molecule has 1 aromatic carbocycles. The lowest BCUT2D eigenvalue weighted by Gasteiger charge is -2.02. The average molecular weight is 242 g/mol. The van der Waals surface area contributed by atoms with Crippen LogP contribution in [-0.4, -0.2) is 12.8 Å². The van der Waals surface area contributed by atoms with Crippen molar-refractivity contribution < 1.29 is 4.84 Å². The SMILES string of the molecule is CCC(=NOC)c1cccc(Br)c1. The number of benzene rings is 1. The minimum Gasteiger partial charge on any atom is -0.399 e. The molecule has 0 bridgehead atoms. The predicted octanol–water partition coefficient (Wildman–Crippen LogP) is 3.21. The lowest BCUT2D eigenvalue weighted by atomic mass is 10.1. The maximum absolute atomic E-state index is 4.76. The van der Waals surface area contributed by atoms with Crippen molar-refractivity contribution in [1.82, 2.24) is 0 Å². The molecule has 2 nitrogen and oxygen atoms in total. The third-order valence-electron chi connectivity index (χ3n) is 1.69. The molecule has 0 heterocycles. The summed E-state index contributed by atoms with van der Waals surface area (Å²) in [5, 5.41) is 3.95. The lowest BCUT2D eigenvalue weighted by Crippen LogP contribution is -1.99. The van der Waals surface area contributed by atoms with E-state index in [4.69, 9.17) is 4.84 Å². The van der Waals surface area contributed by atoms with E-state index in [2.05, 4.69) is 28.0 Å². The highest BCUT2D eigenvalue weighted by Crippen LogP contribution is 2.13. The number of hydrogen-bond acceptors (Lipinski definition) is 2. The van der Waals surface area contributed by atoms with Gasteiger partial charge in [-0.05, 0) is 18.6 Å². The number of nitrogens with zero attached hydrogens (tertiary/aromatic N) is 1. The molecule has 0 saturated heterocycles. The first kappa shape index (κ1) is 10.3. The zero-order valence-corrected chi connectivity index (χ0v) is 9.34. The van der Waals surface area contributed by atoms with Crippen molar-refractivity contribution in [3.05, 3.63) is 34.3 Å². The van der Waals surface area contributed by atoms with Crippen LogP contribution >= 0.6 is 15.9 Å². The Hall–Kier alpha value is -0.830. The van der Waals surface area contributed by atoms with Crippen LogP contribution in [-0.2, 0) is 4.84 Å². The first-order chi connectivity index (χ1) is 6.27. The summed E-state index contributed by atoms with van der Waals surface area (Å²) < 4.78 is 1.06. The van der Waals surface area contributed by atoms with Gasteiger partial charge in [0.1, 0.15) is 7.11 Å². The third kappa shape index (κ3) is 2.84. The van der Waals surface area contributed by atoms with Crippen LogP contribution in [0.1, 0.15) is 18.9 Å². The van der Waals surface area contributed by atoms with Gasteiger partial charge in [-0.2, -0.15) is 0 Å². The molecule has 0 unspecified atom stereocenters. The summed E-state index contributed by atoms with van der Waals surface area (Å²) in [5.41, 5.74) is 2.06. The van der Waals surface area contributed by atoms with Crippen LogP contribution in [0.3, 0.4) is 0 Å². The van der Waals surface area contributed by atoms with Crippen molar-refractivity contribution in [2.45, 2.75) is 13.3 Å². The van der Waals surface area contributed by atoms with E-state index in [-0.39, 0.29) is 0 Å². The Labute approximate surface area is 86.7 Å². The first-order valence-corrected chi connectivity index (χ1v) is 4.93. The molecule has 1 rings (SSSR count). The molecule has 0 aliphatic heterocycles. The number of oxime groups is 1. The molecule has 0 atom stereocenters. The second kappa shape index (κ2) is 5.02. The molecule has 0 fully saturated rings. The Kier molecular flexibility index (Phi) is 3.96. The quantitative estimate of drug-likeness (QED) is 0.589. The van der Waals surface area contributed by atoms with Crippen LogP contribution in [0, 0.1) is 0 Å². The molecule has 0 spiro atoms. The lowest BCUT2D eigenvalue weighted by molar-refractivity contribution is 0.213. The summed E-state index contributed by atoms with van der Waals surface area (Å²) in [6.45, 7) is 2.05. The number of rotatable bonds is 3. The Morgan fingerprint density at radius 3 is 2.85 bits per heavy atom. The second-order valence-corrected chi connectivity index (χ2v) is 3.50. The van der Waals surface area contributed by atoms with Crippen LogP contribution in [0.15, 0.2) is 33.9 Å². The largest absolute Gasteiger partial charge is 0.399 e. The smallest absolute Gasteiger partial charge is 0.106 e. The van der Waals surface area contributed by atoms with Gasteiger partial charge < -0.3 is 4.84 Å². The molecule has 0 saturated carbocycles. The van der Waals surface area contributed by atoms with E-state index >= 15 is 0 Å². The fourth-order valence-electron chi connectivity index (χ4n) is 1.10. The molecule has 0 amide bonds. The Morgan fingerprint density at radius 1 is 1.54 bits per heavy atom. The summed E-state index contributed by atoms with van der Waals surface area (Å²) in [7, 11) is 1.56. The van der Waals surface area contributed by atoms with Gasteiger partial charge >= 0.3 is 0 Å². The minimum atomic E-state index is 0.865. The van der Waals surface area contributed by atoms with Crippen LogP contribution in [0.5, 0.6) is 0 Å². The van der Waals surface area contributed by atoms with Gasteiger partial charge in [0.25, 0.3) is 0 Å². The van der Waals surface area contributed by atoms with Gasteiger partial charge in [0, 0.05) is 10.0 Å². The topological polar surface area (TPSA) is 21.6 Å². The third-order valence-corrected chi connectivity index (χ3v) is 2.19. The van der Waals surface area contributed by atoms with Gasteiger partial charge in [-0.1, -0.05) is 40.1 Å². The number of halogens is 1. The molecule has 3 heteroatoms. The summed E-state index contributed by atoms with van der Waals surface area (Å²) in [6, 6.07) is 8.03. The molecule has 0 radical (unpaired) electrons.